The third kappa shape index (κ3) is 2.66. The van der Waals surface area contributed by atoms with E-state index in [-0.39, 0.29) is 6.10 Å². The van der Waals surface area contributed by atoms with Gasteiger partial charge < -0.3 is 9.64 Å². The molecule has 0 N–H and O–H groups in total. The average molecular weight is 271 g/mol. The number of morpholine rings is 1. The van der Waals surface area contributed by atoms with Crippen LogP contribution in [0.1, 0.15) is 5.56 Å². The quantitative estimate of drug-likeness (QED) is 0.776. The first kappa shape index (κ1) is 12.5. The van der Waals surface area contributed by atoms with Crippen molar-refractivity contribution in [3.05, 3.63) is 28.8 Å². The number of anilines is 1. The lowest BCUT2D eigenvalue weighted by molar-refractivity contribution is 0.0764. The molecule has 1 fully saturated rings. The van der Waals surface area contributed by atoms with Gasteiger partial charge in [0.2, 0.25) is 0 Å². The maximum atomic E-state index is 8.88. The highest BCUT2D eigenvalue weighted by molar-refractivity contribution is 6.32. The summed E-state index contributed by atoms with van der Waals surface area (Å²) >= 11 is 12.0. The number of hydrogen-bond acceptors (Lipinski definition) is 3. The highest BCUT2D eigenvalue weighted by atomic mass is 35.5. The summed E-state index contributed by atoms with van der Waals surface area (Å²) in [6.07, 6.45) is -0.383. The normalized spacial score (nSPS) is 20.1. The number of halogens is 2. The number of alkyl halides is 1. The van der Waals surface area contributed by atoms with Crippen LogP contribution in [-0.2, 0) is 10.6 Å². The molecule has 2 rings (SSSR count). The topological polar surface area (TPSA) is 36.3 Å². The van der Waals surface area contributed by atoms with E-state index >= 15 is 0 Å². The molecule has 1 unspecified atom stereocenters. The summed E-state index contributed by atoms with van der Waals surface area (Å²) in [6, 6.07) is 7.82. The van der Waals surface area contributed by atoms with E-state index in [4.69, 9.17) is 33.2 Å². The third-order valence-electron chi connectivity index (χ3n) is 2.78. The van der Waals surface area contributed by atoms with Crippen LogP contribution in [0.25, 0.3) is 0 Å². The fraction of sp³-hybridized carbons (Fsp3) is 0.417. The van der Waals surface area contributed by atoms with E-state index < -0.39 is 0 Å². The molecule has 0 aliphatic carbocycles. The molecule has 1 aromatic rings. The Hall–Kier alpha value is -0.950. The maximum Gasteiger partial charge on any atom is 0.161 e. The van der Waals surface area contributed by atoms with Crippen molar-refractivity contribution < 1.29 is 4.74 Å². The molecule has 5 heteroatoms. The van der Waals surface area contributed by atoms with Gasteiger partial charge in [-0.1, -0.05) is 17.7 Å². The molecule has 0 bridgehead atoms. The summed E-state index contributed by atoms with van der Waals surface area (Å²) in [5.41, 5.74) is 1.91. The fourth-order valence-electron chi connectivity index (χ4n) is 1.92. The zero-order valence-electron chi connectivity index (χ0n) is 9.20. The first-order chi connectivity index (χ1) is 8.26. The molecular formula is C12H12Cl2N2O. The van der Waals surface area contributed by atoms with Crippen molar-refractivity contribution >= 4 is 28.9 Å². The summed E-state index contributed by atoms with van der Waals surface area (Å²) in [5.74, 6) is 0.365. The van der Waals surface area contributed by atoms with Crippen molar-refractivity contribution in [1.29, 1.82) is 5.26 Å². The first-order valence-electron chi connectivity index (χ1n) is 5.35. The van der Waals surface area contributed by atoms with Crippen molar-refractivity contribution in [3.8, 4) is 6.07 Å². The SMILES string of the molecule is N#CC1CN(c2cccc(Cl)c2CCl)CCO1. The van der Waals surface area contributed by atoms with Crippen molar-refractivity contribution in [2.45, 2.75) is 12.0 Å². The molecule has 17 heavy (non-hydrogen) atoms. The Kier molecular flexibility index (Phi) is 4.11. The van der Waals surface area contributed by atoms with Gasteiger partial charge in [0.05, 0.1) is 25.1 Å². The van der Waals surface area contributed by atoms with Crippen molar-refractivity contribution in [1.82, 2.24) is 0 Å². The van der Waals surface area contributed by atoms with Gasteiger partial charge in [-0.3, -0.25) is 0 Å². The van der Waals surface area contributed by atoms with Crippen molar-refractivity contribution in [2.75, 3.05) is 24.6 Å². The van der Waals surface area contributed by atoms with Crippen LogP contribution < -0.4 is 4.90 Å². The van der Waals surface area contributed by atoms with Crippen LogP contribution in [-0.4, -0.2) is 25.8 Å². The third-order valence-corrected chi connectivity index (χ3v) is 3.40. The summed E-state index contributed by atoms with van der Waals surface area (Å²) < 4.78 is 5.31. The van der Waals surface area contributed by atoms with Crippen molar-refractivity contribution in [3.63, 3.8) is 0 Å². The highest BCUT2D eigenvalue weighted by Gasteiger charge is 2.22. The summed E-state index contributed by atoms with van der Waals surface area (Å²) in [5, 5.41) is 9.55. The molecule has 1 aliphatic rings. The molecule has 0 aromatic heterocycles. The Labute approximate surface area is 110 Å². The minimum absolute atomic E-state index is 0.365. The van der Waals surface area contributed by atoms with Gasteiger partial charge in [-0.25, -0.2) is 0 Å². The fourth-order valence-corrected chi connectivity index (χ4v) is 2.51. The number of hydrogen-bond donors (Lipinski definition) is 0. The number of nitriles is 1. The van der Waals surface area contributed by atoms with Crippen LogP contribution in [0.2, 0.25) is 5.02 Å². The second kappa shape index (κ2) is 5.59. The van der Waals surface area contributed by atoms with Crippen LogP contribution in [0.3, 0.4) is 0 Å². The first-order valence-corrected chi connectivity index (χ1v) is 6.27. The van der Waals surface area contributed by atoms with Crippen LogP contribution in [0.4, 0.5) is 5.69 Å². The van der Waals surface area contributed by atoms with Crippen LogP contribution >= 0.6 is 23.2 Å². The molecule has 90 valence electrons. The predicted molar refractivity (Wildman–Crippen MR) is 68.6 cm³/mol. The summed E-state index contributed by atoms with van der Waals surface area (Å²) in [6.45, 7) is 1.86. The molecule has 0 amide bonds. The number of nitrogens with zero attached hydrogens (tertiary/aromatic N) is 2. The zero-order chi connectivity index (χ0) is 12.3. The zero-order valence-corrected chi connectivity index (χ0v) is 10.7. The highest BCUT2D eigenvalue weighted by Crippen LogP contribution is 2.30. The summed E-state index contributed by atoms with van der Waals surface area (Å²) in [7, 11) is 0. The van der Waals surface area contributed by atoms with Gasteiger partial charge >= 0.3 is 0 Å². The molecule has 1 saturated heterocycles. The Morgan fingerprint density at radius 3 is 3.06 bits per heavy atom. The maximum absolute atomic E-state index is 8.88. The van der Waals surface area contributed by atoms with E-state index in [2.05, 4.69) is 11.0 Å². The summed E-state index contributed by atoms with van der Waals surface area (Å²) in [4.78, 5) is 2.10. The lowest BCUT2D eigenvalue weighted by atomic mass is 10.1. The van der Waals surface area contributed by atoms with E-state index in [0.717, 1.165) is 17.8 Å². The second-order valence-electron chi connectivity index (χ2n) is 3.81. The van der Waals surface area contributed by atoms with Gasteiger partial charge in [-0.2, -0.15) is 5.26 Å². The van der Waals surface area contributed by atoms with Gasteiger partial charge in [-0.05, 0) is 12.1 Å². The molecule has 3 nitrogen and oxygen atoms in total. The van der Waals surface area contributed by atoms with Gasteiger partial charge in [0.1, 0.15) is 0 Å². The molecule has 1 aromatic carbocycles. The van der Waals surface area contributed by atoms with Crippen LogP contribution in [0.5, 0.6) is 0 Å². The molecule has 1 heterocycles. The molecule has 0 saturated carbocycles. The largest absolute Gasteiger partial charge is 0.365 e. The van der Waals surface area contributed by atoms with Gasteiger partial charge in [-0.15, -0.1) is 11.6 Å². The average Bonchev–Trinajstić information content (AvgIpc) is 2.38. The number of ether oxygens (including phenoxy) is 1. The Balaban J connectivity index is 2.28. The number of rotatable bonds is 2. The number of benzene rings is 1. The minimum atomic E-state index is -0.383. The van der Waals surface area contributed by atoms with Crippen molar-refractivity contribution in [2.24, 2.45) is 0 Å². The van der Waals surface area contributed by atoms with Gasteiger partial charge in [0, 0.05) is 22.8 Å². The minimum Gasteiger partial charge on any atom is -0.365 e. The lowest BCUT2D eigenvalue weighted by Crippen LogP contribution is -2.42. The Bertz CT molecular complexity index is 445. The molecular weight excluding hydrogens is 259 g/mol. The smallest absolute Gasteiger partial charge is 0.161 e. The van der Waals surface area contributed by atoms with Crippen LogP contribution in [0, 0.1) is 11.3 Å². The Morgan fingerprint density at radius 1 is 1.53 bits per heavy atom. The standard InChI is InChI=1S/C12H12Cl2N2O/c13-6-10-11(14)2-1-3-12(10)16-4-5-17-9(7-15)8-16/h1-3,9H,4-6,8H2. The monoisotopic (exact) mass is 270 g/mol. The van der Waals surface area contributed by atoms with Gasteiger partial charge in [0.25, 0.3) is 0 Å². The van der Waals surface area contributed by atoms with Crippen LogP contribution in [0.15, 0.2) is 18.2 Å². The lowest BCUT2D eigenvalue weighted by Gasteiger charge is -2.33. The molecule has 1 atom stereocenters. The van der Waals surface area contributed by atoms with E-state index in [0.29, 0.717) is 24.1 Å². The molecule has 0 spiro atoms. The van der Waals surface area contributed by atoms with E-state index in [1.54, 1.807) is 0 Å². The predicted octanol–water partition coefficient (Wildman–Crippen LogP) is 2.81. The second-order valence-corrected chi connectivity index (χ2v) is 4.48. The molecule has 0 radical (unpaired) electrons. The van der Waals surface area contributed by atoms with E-state index in [1.807, 2.05) is 18.2 Å². The van der Waals surface area contributed by atoms with E-state index in [1.165, 1.54) is 0 Å². The molecule has 1 aliphatic heterocycles. The van der Waals surface area contributed by atoms with Gasteiger partial charge in [0.15, 0.2) is 6.10 Å². The Morgan fingerprint density at radius 2 is 2.35 bits per heavy atom. The van der Waals surface area contributed by atoms with E-state index in [9.17, 15) is 0 Å².